The van der Waals surface area contributed by atoms with Crippen LogP contribution in [0.4, 0.5) is 0 Å². The molecule has 11 nitrogen and oxygen atoms in total. The molecular formula is C15H29N5O6. The smallest absolute Gasteiger partial charge is 0.330 e. The van der Waals surface area contributed by atoms with Crippen LogP contribution < -0.4 is 28.7 Å². The Morgan fingerprint density at radius 2 is 1.04 bits per heavy atom. The number of carbonyl (C=O) groups is 4. The maximum atomic E-state index is 11.7. The molecule has 0 rings (SSSR count). The standard InChI is InChI=1S/C15H29N5O6/c16-7-1-3-9(18)13(22)25-12(21)6-5-11(20)15(24)26-14(23)10(19)4-2-8-17/h9-11H,1-8,16-20H2/t9-,10-,11-/m0/s1. The summed E-state index contributed by atoms with van der Waals surface area (Å²) in [5, 5.41) is 0. The van der Waals surface area contributed by atoms with Gasteiger partial charge in [0.2, 0.25) is 0 Å². The number of rotatable bonds is 12. The van der Waals surface area contributed by atoms with Crippen molar-refractivity contribution in [1.82, 2.24) is 0 Å². The van der Waals surface area contributed by atoms with Gasteiger partial charge >= 0.3 is 23.9 Å². The molecule has 0 aromatic rings. The number of ether oxygens (including phenoxy) is 2. The largest absolute Gasteiger partial charge is 0.392 e. The summed E-state index contributed by atoms with van der Waals surface area (Å²) < 4.78 is 9.10. The van der Waals surface area contributed by atoms with Crippen molar-refractivity contribution in [3.63, 3.8) is 0 Å². The Balaban J connectivity index is 4.20. The first-order valence-electron chi connectivity index (χ1n) is 8.39. The van der Waals surface area contributed by atoms with Gasteiger partial charge in [-0.15, -0.1) is 0 Å². The SMILES string of the molecule is NCCC[C@H](N)C(=O)OC(=O)CC[C@H](N)C(=O)OC(=O)[C@@H](N)CCCN. The summed E-state index contributed by atoms with van der Waals surface area (Å²) in [5.74, 6) is -3.69. The molecule has 0 heterocycles. The lowest BCUT2D eigenvalue weighted by Gasteiger charge is -2.13. The van der Waals surface area contributed by atoms with Crippen molar-refractivity contribution in [3.05, 3.63) is 0 Å². The molecule has 11 heteroatoms. The van der Waals surface area contributed by atoms with Crippen molar-refractivity contribution in [3.8, 4) is 0 Å². The van der Waals surface area contributed by atoms with Gasteiger partial charge in [0, 0.05) is 6.42 Å². The van der Waals surface area contributed by atoms with E-state index >= 15 is 0 Å². The van der Waals surface area contributed by atoms with Crippen LogP contribution in [0.5, 0.6) is 0 Å². The third-order valence-electron chi connectivity index (χ3n) is 3.42. The Hall–Kier alpha value is -1.92. The number of carbonyl (C=O) groups excluding carboxylic acids is 4. The second-order valence-electron chi connectivity index (χ2n) is 5.75. The molecule has 0 fully saturated rings. The number of hydrogen-bond acceptors (Lipinski definition) is 11. The van der Waals surface area contributed by atoms with E-state index in [9.17, 15) is 19.2 Å². The fourth-order valence-corrected chi connectivity index (χ4v) is 1.79. The first kappa shape index (κ1) is 24.1. The Morgan fingerprint density at radius 1 is 0.654 bits per heavy atom. The van der Waals surface area contributed by atoms with E-state index in [-0.39, 0.29) is 19.3 Å². The predicted octanol–water partition coefficient (Wildman–Crippen LogP) is -2.63. The van der Waals surface area contributed by atoms with Crippen molar-refractivity contribution >= 4 is 23.9 Å². The van der Waals surface area contributed by atoms with E-state index in [0.717, 1.165) is 0 Å². The van der Waals surface area contributed by atoms with Crippen LogP contribution >= 0.6 is 0 Å². The van der Waals surface area contributed by atoms with Crippen LogP contribution in [0, 0.1) is 0 Å². The Labute approximate surface area is 151 Å². The van der Waals surface area contributed by atoms with Crippen LogP contribution in [-0.2, 0) is 28.7 Å². The predicted molar refractivity (Wildman–Crippen MR) is 91.9 cm³/mol. The molecule has 0 saturated heterocycles. The average molecular weight is 375 g/mol. The summed E-state index contributed by atoms with van der Waals surface area (Å²) in [6.45, 7) is 0.714. The summed E-state index contributed by atoms with van der Waals surface area (Å²) in [6, 6.07) is -3.17. The van der Waals surface area contributed by atoms with Crippen LogP contribution in [0.1, 0.15) is 38.5 Å². The van der Waals surface area contributed by atoms with Gasteiger partial charge in [-0.05, 0) is 45.2 Å². The molecule has 3 atom stereocenters. The summed E-state index contributed by atoms with van der Waals surface area (Å²) in [4.78, 5) is 46.4. The zero-order valence-corrected chi connectivity index (χ0v) is 14.7. The molecule has 10 N–H and O–H groups in total. The zero-order valence-electron chi connectivity index (χ0n) is 14.7. The van der Waals surface area contributed by atoms with Crippen LogP contribution in [-0.4, -0.2) is 55.1 Å². The van der Waals surface area contributed by atoms with Gasteiger partial charge in [0.1, 0.15) is 18.1 Å². The molecule has 0 aromatic heterocycles. The fraction of sp³-hybridized carbons (Fsp3) is 0.733. The summed E-state index contributed by atoms with van der Waals surface area (Å²) in [6.07, 6.45) is 1.09. The highest BCUT2D eigenvalue weighted by Crippen LogP contribution is 2.04. The van der Waals surface area contributed by atoms with Crippen molar-refractivity contribution in [2.24, 2.45) is 28.7 Å². The highest BCUT2D eigenvalue weighted by Gasteiger charge is 2.24. The van der Waals surface area contributed by atoms with Gasteiger partial charge in [0.05, 0.1) is 0 Å². The molecule has 0 bridgehead atoms. The molecule has 150 valence electrons. The number of esters is 4. The first-order valence-corrected chi connectivity index (χ1v) is 8.39. The monoisotopic (exact) mass is 375 g/mol. The van der Waals surface area contributed by atoms with E-state index < -0.39 is 42.0 Å². The van der Waals surface area contributed by atoms with Crippen molar-refractivity contribution in [2.45, 2.75) is 56.7 Å². The second-order valence-corrected chi connectivity index (χ2v) is 5.75. The lowest BCUT2D eigenvalue weighted by atomic mass is 10.1. The minimum absolute atomic E-state index is 0.172. The number of nitrogens with two attached hydrogens (primary N) is 5. The van der Waals surface area contributed by atoms with Gasteiger partial charge in [-0.3, -0.25) is 4.79 Å². The van der Waals surface area contributed by atoms with Crippen molar-refractivity contribution < 1.29 is 28.7 Å². The quantitative estimate of drug-likeness (QED) is 0.175. The highest BCUT2D eigenvalue weighted by molar-refractivity contribution is 5.91. The van der Waals surface area contributed by atoms with E-state index in [1.165, 1.54) is 0 Å². The van der Waals surface area contributed by atoms with Gasteiger partial charge in [-0.1, -0.05) is 0 Å². The minimum Gasteiger partial charge on any atom is -0.392 e. The fourth-order valence-electron chi connectivity index (χ4n) is 1.79. The van der Waals surface area contributed by atoms with Gasteiger partial charge < -0.3 is 38.1 Å². The first-order chi connectivity index (χ1) is 12.2. The second kappa shape index (κ2) is 13.3. The van der Waals surface area contributed by atoms with Gasteiger partial charge in [-0.25, -0.2) is 14.4 Å². The third-order valence-corrected chi connectivity index (χ3v) is 3.42. The van der Waals surface area contributed by atoms with Crippen LogP contribution in [0.25, 0.3) is 0 Å². The third kappa shape index (κ3) is 10.2. The average Bonchev–Trinajstić information content (AvgIpc) is 2.61. The van der Waals surface area contributed by atoms with Gasteiger partial charge in [0.15, 0.2) is 0 Å². The molecule has 0 aromatic carbocycles. The molecule has 0 radical (unpaired) electrons. The minimum atomic E-state index is -1.24. The molecule has 26 heavy (non-hydrogen) atoms. The van der Waals surface area contributed by atoms with Gasteiger partial charge in [-0.2, -0.15) is 0 Å². The highest BCUT2D eigenvalue weighted by atomic mass is 16.6. The summed E-state index contributed by atoms with van der Waals surface area (Å²) >= 11 is 0. The van der Waals surface area contributed by atoms with E-state index in [4.69, 9.17) is 28.7 Å². The Kier molecular flexibility index (Phi) is 12.3. The molecule has 0 aliphatic carbocycles. The molecule has 0 aliphatic rings. The van der Waals surface area contributed by atoms with Crippen LogP contribution in [0.15, 0.2) is 0 Å². The topological polar surface area (TPSA) is 217 Å². The molecule has 0 aliphatic heterocycles. The summed E-state index contributed by atoms with van der Waals surface area (Å²) in [7, 11) is 0. The Bertz CT molecular complexity index is 487. The van der Waals surface area contributed by atoms with E-state index in [0.29, 0.717) is 32.4 Å². The maximum Gasteiger partial charge on any atom is 0.330 e. The van der Waals surface area contributed by atoms with Gasteiger partial charge in [0.25, 0.3) is 0 Å². The van der Waals surface area contributed by atoms with Crippen LogP contribution in [0.2, 0.25) is 0 Å². The molecular weight excluding hydrogens is 346 g/mol. The van der Waals surface area contributed by atoms with E-state index in [1.54, 1.807) is 0 Å². The molecule has 0 spiro atoms. The van der Waals surface area contributed by atoms with Crippen molar-refractivity contribution in [1.29, 1.82) is 0 Å². The zero-order chi connectivity index (χ0) is 20.1. The molecule has 0 saturated carbocycles. The molecule has 0 amide bonds. The molecule has 0 unspecified atom stereocenters. The summed E-state index contributed by atoms with van der Waals surface area (Å²) in [5.41, 5.74) is 27.2. The lowest BCUT2D eigenvalue weighted by Crippen LogP contribution is -2.40. The maximum absolute atomic E-state index is 11.7. The van der Waals surface area contributed by atoms with Crippen molar-refractivity contribution in [2.75, 3.05) is 13.1 Å². The van der Waals surface area contributed by atoms with E-state index in [1.807, 2.05) is 0 Å². The van der Waals surface area contributed by atoms with Crippen LogP contribution in [0.3, 0.4) is 0 Å². The van der Waals surface area contributed by atoms with E-state index in [2.05, 4.69) is 9.47 Å². The Morgan fingerprint density at radius 3 is 1.46 bits per heavy atom. The lowest BCUT2D eigenvalue weighted by molar-refractivity contribution is -0.161. The number of hydrogen-bond donors (Lipinski definition) is 5. The normalized spacial score (nSPS) is 14.2.